The van der Waals surface area contributed by atoms with Crippen molar-refractivity contribution in [3.8, 4) is 0 Å². The topological polar surface area (TPSA) is 72.5 Å². The molecule has 0 radical (unpaired) electrons. The smallest absolute Gasteiger partial charge is 0.338 e. The van der Waals surface area contributed by atoms with Crippen LogP contribution in [0, 0.1) is 0 Å². The van der Waals surface area contributed by atoms with Crippen molar-refractivity contribution < 1.29 is 33.2 Å². The Labute approximate surface area is 165 Å². The molecule has 1 atom stereocenters. The Morgan fingerprint density at radius 3 is 2.26 bits per heavy atom. The van der Waals surface area contributed by atoms with Crippen molar-refractivity contribution in [3.05, 3.63) is 35.4 Å². The first kappa shape index (κ1) is 22.1. The second kappa shape index (κ2) is 13.9. The molecule has 152 valence electrons. The fraction of sp³-hybridized carbons (Fsp3) is 0.632. The van der Waals surface area contributed by atoms with Crippen molar-refractivity contribution in [3.63, 3.8) is 0 Å². The van der Waals surface area contributed by atoms with Gasteiger partial charge >= 0.3 is 5.97 Å². The lowest BCUT2D eigenvalue weighted by Gasteiger charge is -2.18. The van der Waals surface area contributed by atoms with E-state index >= 15 is 0 Å². The maximum atomic E-state index is 12.3. The van der Waals surface area contributed by atoms with Gasteiger partial charge in [0.1, 0.15) is 12.7 Å². The molecule has 1 aliphatic heterocycles. The van der Waals surface area contributed by atoms with Crippen LogP contribution >= 0.6 is 12.6 Å². The summed E-state index contributed by atoms with van der Waals surface area (Å²) in [6, 6.07) is 7.22. The van der Waals surface area contributed by atoms with E-state index in [1.165, 1.54) is 0 Å². The van der Waals surface area contributed by atoms with Gasteiger partial charge in [-0.25, -0.2) is 4.79 Å². The summed E-state index contributed by atoms with van der Waals surface area (Å²) in [4.78, 5) is 12.3. The number of hydrogen-bond donors (Lipinski definition) is 1. The minimum Gasteiger partial charge on any atom is -0.459 e. The first-order chi connectivity index (χ1) is 13.3. The summed E-state index contributed by atoms with van der Waals surface area (Å²) < 4.78 is 32.9. The average Bonchev–Trinajstić information content (AvgIpc) is 2.71. The van der Waals surface area contributed by atoms with Crippen molar-refractivity contribution in [2.24, 2.45) is 0 Å². The van der Waals surface area contributed by atoms with E-state index in [-0.39, 0.29) is 12.7 Å². The fourth-order valence-corrected chi connectivity index (χ4v) is 2.54. The SMILES string of the molecule is O=C(OCC1COCCOCCOCCOCCO1)c1cccc(CS)c1. The van der Waals surface area contributed by atoms with Gasteiger partial charge in [0.05, 0.1) is 65.0 Å². The summed E-state index contributed by atoms with van der Waals surface area (Å²) in [6.07, 6.45) is -0.369. The second-order valence-electron chi connectivity index (χ2n) is 5.86. The number of esters is 1. The van der Waals surface area contributed by atoms with Crippen molar-refractivity contribution in [2.45, 2.75) is 11.9 Å². The maximum absolute atomic E-state index is 12.3. The first-order valence-corrected chi connectivity index (χ1v) is 9.72. The second-order valence-corrected chi connectivity index (χ2v) is 6.18. The molecule has 1 aromatic rings. The zero-order valence-corrected chi connectivity index (χ0v) is 16.4. The van der Waals surface area contributed by atoms with Crippen molar-refractivity contribution >= 4 is 18.6 Å². The molecule has 0 spiro atoms. The van der Waals surface area contributed by atoms with Gasteiger partial charge in [-0.05, 0) is 17.7 Å². The van der Waals surface area contributed by atoms with Gasteiger partial charge in [-0.3, -0.25) is 0 Å². The predicted octanol–water partition coefficient (Wildman–Crippen LogP) is 1.74. The average molecular weight is 400 g/mol. The molecular formula is C19H28O7S. The van der Waals surface area contributed by atoms with E-state index in [1.807, 2.05) is 12.1 Å². The Morgan fingerprint density at radius 2 is 1.59 bits per heavy atom. The lowest BCUT2D eigenvalue weighted by atomic mass is 10.1. The van der Waals surface area contributed by atoms with Gasteiger partial charge in [0.15, 0.2) is 0 Å². The van der Waals surface area contributed by atoms with Crippen LogP contribution in [0.2, 0.25) is 0 Å². The summed E-state index contributed by atoms with van der Waals surface area (Å²) >= 11 is 4.22. The maximum Gasteiger partial charge on any atom is 0.338 e. The Morgan fingerprint density at radius 1 is 0.963 bits per heavy atom. The van der Waals surface area contributed by atoms with Crippen LogP contribution in [0.15, 0.2) is 24.3 Å². The fourth-order valence-electron chi connectivity index (χ4n) is 2.34. The molecule has 8 heteroatoms. The van der Waals surface area contributed by atoms with E-state index in [0.29, 0.717) is 70.8 Å². The van der Waals surface area contributed by atoms with Gasteiger partial charge in [0.2, 0.25) is 0 Å². The molecule has 27 heavy (non-hydrogen) atoms. The minimum absolute atomic E-state index is 0.105. The number of carbonyl (C=O) groups is 1. The Hall–Kier alpha value is -1.16. The zero-order chi connectivity index (χ0) is 19.2. The molecule has 1 heterocycles. The quantitative estimate of drug-likeness (QED) is 0.610. The van der Waals surface area contributed by atoms with E-state index in [9.17, 15) is 4.79 Å². The van der Waals surface area contributed by atoms with E-state index in [4.69, 9.17) is 28.4 Å². The molecule has 0 saturated carbocycles. The highest BCUT2D eigenvalue weighted by Crippen LogP contribution is 2.09. The largest absolute Gasteiger partial charge is 0.459 e. The summed E-state index contributed by atoms with van der Waals surface area (Å²) in [6.45, 7) is 4.23. The summed E-state index contributed by atoms with van der Waals surface area (Å²) in [5, 5.41) is 0. The monoisotopic (exact) mass is 400 g/mol. The molecule has 1 unspecified atom stereocenters. The highest BCUT2D eigenvalue weighted by atomic mass is 32.1. The van der Waals surface area contributed by atoms with Gasteiger partial charge in [0, 0.05) is 5.75 Å². The number of hydrogen-bond acceptors (Lipinski definition) is 8. The standard InChI is InChI=1S/C19H28O7S/c20-19(17-3-1-2-16(12-17)15-27)26-14-18-13-24-9-8-22-5-4-21-6-7-23-10-11-25-18/h1-3,12,18,27H,4-11,13-15H2. The van der Waals surface area contributed by atoms with Crippen LogP contribution < -0.4 is 0 Å². The molecular weight excluding hydrogens is 372 g/mol. The van der Waals surface area contributed by atoms with Crippen LogP contribution in [0.3, 0.4) is 0 Å². The van der Waals surface area contributed by atoms with E-state index < -0.39 is 5.97 Å². The number of thiol groups is 1. The van der Waals surface area contributed by atoms with Crippen LogP contribution in [-0.2, 0) is 34.2 Å². The summed E-state index contributed by atoms with van der Waals surface area (Å²) in [5.41, 5.74) is 1.46. The van der Waals surface area contributed by atoms with Crippen molar-refractivity contribution in [1.29, 1.82) is 0 Å². The van der Waals surface area contributed by atoms with Gasteiger partial charge in [-0.15, -0.1) is 0 Å². The van der Waals surface area contributed by atoms with Gasteiger partial charge in [0.25, 0.3) is 0 Å². The number of benzene rings is 1. The minimum atomic E-state index is -0.394. The zero-order valence-electron chi connectivity index (χ0n) is 15.5. The van der Waals surface area contributed by atoms with E-state index in [1.54, 1.807) is 12.1 Å². The van der Waals surface area contributed by atoms with E-state index in [0.717, 1.165) is 5.56 Å². The molecule has 1 aromatic carbocycles. The highest BCUT2D eigenvalue weighted by molar-refractivity contribution is 7.79. The van der Waals surface area contributed by atoms with E-state index in [2.05, 4.69) is 12.6 Å². The molecule has 1 aliphatic rings. The molecule has 7 nitrogen and oxygen atoms in total. The van der Waals surface area contributed by atoms with Crippen LogP contribution in [0.5, 0.6) is 0 Å². The molecule has 0 bridgehead atoms. The summed E-state index contributed by atoms with van der Waals surface area (Å²) in [7, 11) is 0. The lowest BCUT2D eigenvalue weighted by Crippen LogP contribution is -2.29. The van der Waals surface area contributed by atoms with Gasteiger partial charge < -0.3 is 28.4 Å². The van der Waals surface area contributed by atoms with Crippen LogP contribution in [0.1, 0.15) is 15.9 Å². The third kappa shape index (κ3) is 9.55. The van der Waals surface area contributed by atoms with Crippen molar-refractivity contribution in [2.75, 3.05) is 66.1 Å². The molecule has 0 amide bonds. The molecule has 0 aliphatic carbocycles. The number of rotatable bonds is 4. The van der Waals surface area contributed by atoms with Crippen LogP contribution in [0.4, 0.5) is 0 Å². The Balaban J connectivity index is 1.79. The number of ether oxygens (including phenoxy) is 6. The van der Waals surface area contributed by atoms with Gasteiger partial charge in [-0.2, -0.15) is 12.6 Å². The van der Waals surface area contributed by atoms with Crippen molar-refractivity contribution in [1.82, 2.24) is 0 Å². The molecule has 1 fully saturated rings. The first-order valence-electron chi connectivity index (χ1n) is 9.09. The summed E-state index contributed by atoms with van der Waals surface area (Å²) in [5.74, 6) is 0.170. The Kier molecular flexibility index (Phi) is 11.4. The predicted molar refractivity (Wildman–Crippen MR) is 102 cm³/mol. The van der Waals surface area contributed by atoms with Crippen LogP contribution in [0.25, 0.3) is 0 Å². The lowest BCUT2D eigenvalue weighted by molar-refractivity contribution is -0.0689. The number of carbonyl (C=O) groups excluding carboxylic acids is 1. The third-order valence-electron chi connectivity index (χ3n) is 3.75. The highest BCUT2D eigenvalue weighted by Gasteiger charge is 2.15. The normalized spacial score (nSPS) is 21.0. The molecule has 1 saturated heterocycles. The van der Waals surface area contributed by atoms with Crippen LogP contribution in [-0.4, -0.2) is 78.1 Å². The van der Waals surface area contributed by atoms with Gasteiger partial charge in [-0.1, -0.05) is 12.1 Å². The molecule has 2 rings (SSSR count). The molecule has 0 N–H and O–H groups in total. The Bertz CT molecular complexity index is 525. The molecule has 0 aromatic heterocycles. The third-order valence-corrected chi connectivity index (χ3v) is 4.11.